The average Bonchev–Trinajstić information content (AvgIpc) is 3.19. The molecule has 1 N–H and O–H groups in total. The van der Waals surface area contributed by atoms with Gasteiger partial charge in [0, 0.05) is 22.3 Å². The van der Waals surface area contributed by atoms with Crippen molar-refractivity contribution in [3.05, 3.63) is 80.2 Å². The zero-order valence-electron chi connectivity index (χ0n) is 15.7. The van der Waals surface area contributed by atoms with Crippen LogP contribution in [0, 0.1) is 5.92 Å². The van der Waals surface area contributed by atoms with Gasteiger partial charge in [-0.05, 0) is 59.2 Å². The van der Waals surface area contributed by atoms with Crippen molar-refractivity contribution in [3.8, 4) is 0 Å². The lowest BCUT2D eigenvalue weighted by atomic mass is 9.96. The number of benzene rings is 1. The zero-order valence-corrected chi connectivity index (χ0v) is 17.3. The Morgan fingerprint density at radius 2 is 1.93 bits per heavy atom. The Morgan fingerprint density at radius 3 is 2.68 bits per heavy atom. The molecule has 1 saturated carbocycles. The Bertz CT molecular complexity index is 931. The molecule has 2 aromatic heterocycles. The molecular formula is C23H24N2OS2. The lowest BCUT2D eigenvalue weighted by Gasteiger charge is -2.36. The molecule has 2 aliphatic rings. The summed E-state index contributed by atoms with van der Waals surface area (Å²) in [6.07, 6.45) is 3.65. The summed E-state index contributed by atoms with van der Waals surface area (Å²) in [7, 11) is 0. The number of thiophene rings is 2. The van der Waals surface area contributed by atoms with E-state index in [4.69, 9.17) is 0 Å². The molecule has 5 heteroatoms. The van der Waals surface area contributed by atoms with Crippen LogP contribution in [0.15, 0.2) is 59.3 Å². The smallest absolute Gasteiger partial charge is 0.234 e. The third-order valence-electron chi connectivity index (χ3n) is 5.80. The molecule has 0 bridgehead atoms. The minimum atomic E-state index is -0.0745. The first kappa shape index (κ1) is 18.1. The largest absolute Gasteiger partial charge is 0.343 e. The van der Waals surface area contributed by atoms with E-state index in [1.807, 2.05) is 35.6 Å². The summed E-state index contributed by atoms with van der Waals surface area (Å²) in [4.78, 5) is 18.2. The fraction of sp³-hybridized carbons (Fsp3) is 0.348. The van der Waals surface area contributed by atoms with Gasteiger partial charge in [0.25, 0.3) is 0 Å². The molecule has 5 rings (SSSR count). The van der Waals surface area contributed by atoms with Crippen LogP contribution in [-0.2, 0) is 11.2 Å². The Kier molecular flexibility index (Phi) is 5.05. The van der Waals surface area contributed by atoms with Gasteiger partial charge in [0.05, 0.1) is 12.6 Å². The van der Waals surface area contributed by atoms with E-state index in [0.29, 0.717) is 12.6 Å². The van der Waals surface area contributed by atoms with Crippen molar-refractivity contribution in [3.63, 3.8) is 0 Å². The maximum atomic E-state index is 13.1. The number of carbonyl (C=O) groups is 1. The fourth-order valence-electron chi connectivity index (χ4n) is 4.35. The van der Waals surface area contributed by atoms with Crippen molar-refractivity contribution in [2.24, 2.45) is 5.92 Å². The van der Waals surface area contributed by atoms with Gasteiger partial charge in [0.1, 0.15) is 0 Å². The maximum Gasteiger partial charge on any atom is 0.234 e. The van der Waals surface area contributed by atoms with Crippen LogP contribution in [0.4, 0.5) is 0 Å². The molecule has 3 heterocycles. The summed E-state index contributed by atoms with van der Waals surface area (Å²) in [6, 6.07) is 17.1. The third kappa shape index (κ3) is 3.66. The lowest BCUT2D eigenvalue weighted by molar-refractivity contribution is -0.123. The average molecular weight is 409 g/mol. The van der Waals surface area contributed by atoms with Crippen molar-refractivity contribution >= 4 is 28.6 Å². The quantitative estimate of drug-likeness (QED) is 0.621. The predicted octanol–water partition coefficient (Wildman–Crippen LogP) is 5.02. The molecule has 2 atom stereocenters. The van der Waals surface area contributed by atoms with Gasteiger partial charge in [-0.1, -0.05) is 36.4 Å². The van der Waals surface area contributed by atoms with E-state index in [1.54, 1.807) is 11.3 Å². The normalized spacial score (nSPS) is 20.5. The van der Waals surface area contributed by atoms with Crippen molar-refractivity contribution in [1.82, 2.24) is 10.2 Å². The van der Waals surface area contributed by atoms with Crippen LogP contribution in [-0.4, -0.2) is 23.9 Å². The molecule has 0 unspecified atom stereocenters. The molecule has 1 fully saturated rings. The number of nitrogens with one attached hydrogen (secondary N) is 1. The molecule has 28 heavy (non-hydrogen) atoms. The van der Waals surface area contributed by atoms with Crippen LogP contribution in [0.2, 0.25) is 0 Å². The number of nitrogens with zero attached hydrogens (tertiary/aromatic N) is 1. The van der Waals surface area contributed by atoms with E-state index in [-0.39, 0.29) is 11.9 Å². The molecule has 1 aliphatic heterocycles. The number of rotatable bonds is 6. The van der Waals surface area contributed by atoms with Crippen molar-refractivity contribution in [2.45, 2.75) is 31.3 Å². The van der Waals surface area contributed by atoms with Gasteiger partial charge in [-0.25, -0.2) is 0 Å². The minimum Gasteiger partial charge on any atom is -0.343 e. The third-order valence-corrected chi connectivity index (χ3v) is 7.73. The minimum absolute atomic E-state index is 0.0745. The van der Waals surface area contributed by atoms with Crippen molar-refractivity contribution in [2.75, 3.05) is 13.1 Å². The second-order valence-electron chi connectivity index (χ2n) is 7.73. The van der Waals surface area contributed by atoms with Crippen LogP contribution in [0.5, 0.6) is 0 Å². The Balaban J connectivity index is 1.33. The lowest BCUT2D eigenvalue weighted by Crippen LogP contribution is -2.44. The molecule has 3 aromatic rings. The van der Waals surface area contributed by atoms with Gasteiger partial charge in [-0.2, -0.15) is 0 Å². The molecule has 0 spiro atoms. The van der Waals surface area contributed by atoms with Crippen LogP contribution in [0.25, 0.3) is 0 Å². The van der Waals surface area contributed by atoms with Gasteiger partial charge in [-0.3, -0.25) is 9.69 Å². The van der Waals surface area contributed by atoms with Gasteiger partial charge < -0.3 is 5.32 Å². The highest BCUT2D eigenvalue weighted by Crippen LogP contribution is 2.48. The first-order valence-electron chi connectivity index (χ1n) is 9.97. The summed E-state index contributed by atoms with van der Waals surface area (Å²) in [5, 5.41) is 7.60. The van der Waals surface area contributed by atoms with E-state index in [9.17, 15) is 4.79 Å². The Hall–Kier alpha value is -1.95. The number of hydrogen-bond donors (Lipinski definition) is 1. The number of hydrogen-bond acceptors (Lipinski definition) is 4. The van der Waals surface area contributed by atoms with Crippen molar-refractivity contribution in [1.29, 1.82) is 0 Å². The van der Waals surface area contributed by atoms with Crippen molar-refractivity contribution < 1.29 is 4.79 Å². The molecule has 1 aromatic carbocycles. The monoisotopic (exact) mass is 408 g/mol. The molecule has 0 radical (unpaired) electrons. The highest BCUT2D eigenvalue weighted by atomic mass is 32.1. The van der Waals surface area contributed by atoms with Crippen LogP contribution in [0.3, 0.4) is 0 Å². The van der Waals surface area contributed by atoms with E-state index in [1.165, 1.54) is 28.2 Å². The molecular weight excluding hydrogens is 384 g/mol. The number of amides is 1. The standard InChI is InChI=1S/C23H24N2OS2/c26-21(24-22(20-7-4-13-27-20)16-5-2-1-3-6-16)15-25-12-10-19-18(11-14-28-19)23(25)17-8-9-17/h1-7,11,13-14,17,22-23H,8-10,12,15H2,(H,24,26)/t22-,23+/m1/s1. The summed E-state index contributed by atoms with van der Waals surface area (Å²) in [6.45, 7) is 1.46. The molecule has 1 aliphatic carbocycles. The summed E-state index contributed by atoms with van der Waals surface area (Å²) < 4.78 is 0. The van der Waals surface area contributed by atoms with E-state index < -0.39 is 0 Å². The Labute approximate surface area is 174 Å². The first-order chi connectivity index (χ1) is 13.8. The summed E-state index contributed by atoms with van der Waals surface area (Å²) in [5.74, 6) is 0.843. The molecule has 1 amide bonds. The number of fused-ring (bicyclic) bond motifs is 1. The highest BCUT2D eigenvalue weighted by molar-refractivity contribution is 7.10. The first-order valence-corrected chi connectivity index (χ1v) is 11.7. The van der Waals surface area contributed by atoms with E-state index in [0.717, 1.165) is 24.4 Å². The SMILES string of the molecule is O=C(CN1CCc2sccc2[C@@H]1C1CC1)N[C@H](c1ccccc1)c1cccs1. The van der Waals surface area contributed by atoms with Crippen LogP contribution >= 0.6 is 22.7 Å². The second-order valence-corrected chi connectivity index (χ2v) is 9.71. The van der Waals surface area contributed by atoms with Crippen LogP contribution < -0.4 is 5.32 Å². The number of carbonyl (C=O) groups excluding carboxylic acids is 1. The van der Waals surface area contributed by atoms with Crippen LogP contribution in [0.1, 0.15) is 45.8 Å². The van der Waals surface area contributed by atoms with Gasteiger partial charge >= 0.3 is 0 Å². The van der Waals surface area contributed by atoms with E-state index >= 15 is 0 Å². The van der Waals surface area contributed by atoms with Gasteiger partial charge in [0.2, 0.25) is 5.91 Å². The highest BCUT2D eigenvalue weighted by Gasteiger charge is 2.40. The predicted molar refractivity (Wildman–Crippen MR) is 116 cm³/mol. The van der Waals surface area contributed by atoms with Gasteiger partial charge in [0.15, 0.2) is 0 Å². The maximum absolute atomic E-state index is 13.1. The molecule has 0 saturated heterocycles. The second kappa shape index (κ2) is 7.82. The van der Waals surface area contributed by atoms with Gasteiger partial charge in [-0.15, -0.1) is 22.7 Å². The fourth-order valence-corrected chi connectivity index (χ4v) is 6.07. The topological polar surface area (TPSA) is 32.3 Å². The molecule has 144 valence electrons. The summed E-state index contributed by atoms with van der Waals surface area (Å²) in [5.41, 5.74) is 2.61. The van der Waals surface area contributed by atoms with E-state index in [2.05, 4.69) is 45.2 Å². The zero-order chi connectivity index (χ0) is 18.9. The molecule has 3 nitrogen and oxygen atoms in total. The Morgan fingerprint density at radius 1 is 1.07 bits per heavy atom. The summed E-state index contributed by atoms with van der Waals surface area (Å²) >= 11 is 3.57.